The van der Waals surface area contributed by atoms with Gasteiger partial charge in [0.1, 0.15) is 0 Å². The molecule has 0 radical (unpaired) electrons. The lowest BCUT2D eigenvalue weighted by Crippen LogP contribution is -2.15. The lowest BCUT2D eigenvalue weighted by molar-refractivity contribution is -0.142. The summed E-state index contributed by atoms with van der Waals surface area (Å²) in [4.78, 5) is 16.3. The van der Waals surface area contributed by atoms with Gasteiger partial charge in [-0.05, 0) is 35.4 Å². The zero-order valence-electron chi connectivity index (χ0n) is 10.5. The molecule has 5 heteroatoms. The van der Waals surface area contributed by atoms with Gasteiger partial charge in [0.25, 0.3) is 0 Å². The monoisotopic (exact) mass is 274 g/mol. The van der Waals surface area contributed by atoms with Crippen LogP contribution in [0.2, 0.25) is 0 Å². The van der Waals surface area contributed by atoms with E-state index in [9.17, 15) is 4.79 Å². The highest BCUT2D eigenvalue weighted by Gasteiger charge is 2.06. The van der Waals surface area contributed by atoms with Crippen molar-refractivity contribution in [3.63, 3.8) is 0 Å². The highest BCUT2D eigenvalue weighted by Crippen LogP contribution is 2.08. The second-order valence-electron chi connectivity index (χ2n) is 4.12. The van der Waals surface area contributed by atoms with Crippen LogP contribution in [0.15, 0.2) is 46.2 Å². The first-order chi connectivity index (χ1) is 9.15. The fourth-order valence-corrected chi connectivity index (χ4v) is 2.22. The molecule has 0 bridgehead atoms. The molecule has 1 aromatic heterocycles. The van der Waals surface area contributed by atoms with E-state index >= 15 is 0 Å². The summed E-state index contributed by atoms with van der Waals surface area (Å²) in [6, 6.07) is 9.41. The molecule has 0 aliphatic heterocycles. The van der Waals surface area contributed by atoms with Gasteiger partial charge in [0.2, 0.25) is 0 Å². The number of benzene rings is 1. The van der Waals surface area contributed by atoms with Crippen LogP contribution in [0.3, 0.4) is 0 Å². The summed E-state index contributed by atoms with van der Waals surface area (Å²) in [5.41, 5.74) is 8.49. The fraction of sp³-hybridized carbons (Fsp3) is 0.143. The molecule has 0 atom stereocenters. The summed E-state index contributed by atoms with van der Waals surface area (Å²) in [5, 5.41) is 7.47. The lowest BCUT2D eigenvalue weighted by Gasteiger charge is -2.01. The van der Waals surface area contributed by atoms with E-state index in [0.29, 0.717) is 0 Å². The molecule has 2 N–H and O–H groups in total. The van der Waals surface area contributed by atoms with Gasteiger partial charge in [-0.1, -0.05) is 28.9 Å². The second kappa shape index (κ2) is 6.15. The van der Waals surface area contributed by atoms with Gasteiger partial charge in [0, 0.05) is 5.56 Å². The zero-order valence-corrected chi connectivity index (χ0v) is 11.3. The van der Waals surface area contributed by atoms with Gasteiger partial charge >= 0.3 is 5.97 Å². The van der Waals surface area contributed by atoms with Crippen molar-refractivity contribution in [3.8, 4) is 0 Å². The number of nitrogens with two attached hydrogens (primary N) is 1. The molecule has 0 aliphatic carbocycles. The molecule has 4 nitrogen and oxygen atoms in total. The van der Waals surface area contributed by atoms with Crippen molar-refractivity contribution in [3.05, 3.63) is 57.8 Å². The van der Waals surface area contributed by atoms with Crippen molar-refractivity contribution in [2.45, 2.75) is 13.3 Å². The third-order valence-corrected chi connectivity index (χ3v) is 3.22. The Kier molecular flexibility index (Phi) is 4.30. The maximum Gasteiger partial charge on any atom is 0.339 e. The summed E-state index contributed by atoms with van der Waals surface area (Å²) in [5.74, 6) is -0.226. The molecule has 0 amide bonds. The first-order valence-electron chi connectivity index (χ1n) is 5.76. The van der Waals surface area contributed by atoms with Crippen molar-refractivity contribution >= 4 is 23.1 Å². The number of hydrogen-bond donors (Lipinski definition) is 1. The first kappa shape index (κ1) is 13.3. The summed E-state index contributed by atoms with van der Waals surface area (Å²) in [7, 11) is 0. The molecule has 98 valence electrons. The highest BCUT2D eigenvalue weighted by molar-refractivity contribution is 7.07. The Bertz CT molecular complexity index is 591. The maximum absolute atomic E-state index is 11.5. The number of nitrogens with zero attached hydrogens (tertiary/aromatic N) is 1. The van der Waals surface area contributed by atoms with Gasteiger partial charge < -0.3 is 10.6 Å². The predicted molar refractivity (Wildman–Crippen MR) is 76.0 cm³/mol. The summed E-state index contributed by atoms with van der Waals surface area (Å²) in [6.07, 6.45) is 0.202. The van der Waals surface area contributed by atoms with Crippen LogP contribution < -0.4 is 5.73 Å². The summed E-state index contributed by atoms with van der Waals surface area (Å²) >= 11 is 1.54. The number of oxime groups is 1. The minimum atomic E-state index is -0.422. The number of rotatable bonds is 4. The Morgan fingerprint density at radius 3 is 2.95 bits per heavy atom. The largest absolute Gasteiger partial charge is 0.380 e. The van der Waals surface area contributed by atoms with E-state index in [1.54, 1.807) is 0 Å². The third-order valence-electron chi connectivity index (χ3n) is 2.49. The summed E-state index contributed by atoms with van der Waals surface area (Å²) in [6.45, 7) is 1.96. The van der Waals surface area contributed by atoms with Crippen LogP contribution in [-0.4, -0.2) is 11.8 Å². The van der Waals surface area contributed by atoms with E-state index in [4.69, 9.17) is 10.6 Å². The molecule has 0 unspecified atom stereocenters. The van der Waals surface area contributed by atoms with Crippen LogP contribution >= 0.6 is 11.3 Å². The highest BCUT2D eigenvalue weighted by atomic mass is 32.1. The Labute approximate surface area is 115 Å². The van der Waals surface area contributed by atoms with Crippen LogP contribution in [0.4, 0.5) is 0 Å². The molecule has 0 fully saturated rings. The first-order valence-corrected chi connectivity index (χ1v) is 6.71. The van der Waals surface area contributed by atoms with Crippen LogP contribution in [-0.2, 0) is 16.1 Å². The quantitative estimate of drug-likeness (QED) is 0.403. The van der Waals surface area contributed by atoms with E-state index in [1.807, 2.05) is 48.0 Å². The van der Waals surface area contributed by atoms with Gasteiger partial charge in [-0.2, -0.15) is 11.3 Å². The molecule has 2 rings (SSSR count). The van der Waals surface area contributed by atoms with Crippen LogP contribution in [0, 0.1) is 6.92 Å². The van der Waals surface area contributed by atoms with E-state index in [-0.39, 0.29) is 12.3 Å². The van der Waals surface area contributed by atoms with Gasteiger partial charge in [-0.3, -0.25) is 0 Å². The van der Waals surface area contributed by atoms with Crippen molar-refractivity contribution in [2.24, 2.45) is 10.9 Å². The van der Waals surface area contributed by atoms with Crippen molar-refractivity contribution < 1.29 is 9.63 Å². The molecule has 19 heavy (non-hydrogen) atoms. The number of aryl methyl sites for hydroxylation is 1. The maximum atomic E-state index is 11.5. The molecule has 0 saturated heterocycles. The Hall–Kier alpha value is -2.14. The molecule has 1 heterocycles. The normalized spacial score (nSPS) is 11.3. The van der Waals surface area contributed by atoms with Crippen LogP contribution in [0.1, 0.15) is 16.7 Å². The Morgan fingerprint density at radius 1 is 1.42 bits per heavy atom. The number of amidine groups is 1. The van der Waals surface area contributed by atoms with E-state index in [0.717, 1.165) is 16.7 Å². The molecular formula is C14H14N2O2S. The van der Waals surface area contributed by atoms with E-state index in [1.165, 1.54) is 11.3 Å². The minimum Gasteiger partial charge on any atom is -0.380 e. The number of hydrogen-bond acceptors (Lipinski definition) is 4. The Morgan fingerprint density at radius 2 is 2.26 bits per heavy atom. The van der Waals surface area contributed by atoms with Crippen molar-refractivity contribution in [2.75, 3.05) is 0 Å². The molecule has 2 aromatic rings. The van der Waals surface area contributed by atoms with Gasteiger partial charge in [0.05, 0.1) is 6.42 Å². The van der Waals surface area contributed by atoms with Crippen LogP contribution in [0.5, 0.6) is 0 Å². The second-order valence-corrected chi connectivity index (χ2v) is 4.90. The fourth-order valence-electron chi connectivity index (χ4n) is 1.55. The topological polar surface area (TPSA) is 64.7 Å². The van der Waals surface area contributed by atoms with E-state index < -0.39 is 5.97 Å². The summed E-state index contributed by atoms with van der Waals surface area (Å²) < 4.78 is 0. The number of carbonyl (C=O) groups is 1. The van der Waals surface area contributed by atoms with Crippen LogP contribution in [0.25, 0.3) is 0 Å². The van der Waals surface area contributed by atoms with Gasteiger partial charge in [-0.15, -0.1) is 0 Å². The smallest absolute Gasteiger partial charge is 0.339 e. The molecule has 1 aromatic carbocycles. The Balaban J connectivity index is 1.96. The van der Waals surface area contributed by atoms with Crippen molar-refractivity contribution in [1.29, 1.82) is 0 Å². The average molecular weight is 274 g/mol. The third kappa shape index (κ3) is 3.93. The molecule has 0 saturated carbocycles. The van der Waals surface area contributed by atoms with Gasteiger partial charge in [0.15, 0.2) is 5.84 Å². The van der Waals surface area contributed by atoms with Crippen molar-refractivity contribution in [1.82, 2.24) is 0 Å². The zero-order chi connectivity index (χ0) is 13.7. The molecule has 0 spiro atoms. The average Bonchev–Trinajstić information content (AvgIpc) is 2.88. The SMILES string of the molecule is Cc1cccc(/C(N)=N/OC(=O)Cc2ccsc2)c1. The standard InChI is InChI=1S/C14H14N2O2S/c1-10-3-2-4-12(7-10)14(15)16-18-13(17)8-11-5-6-19-9-11/h2-7,9H,8H2,1H3,(H2,15,16). The predicted octanol–water partition coefficient (Wildman–Crippen LogP) is 2.46. The molecular weight excluding hydrogens is 260 g/mol. The molecule has 0 aliphatic rings. The minimum absolute atomic E-state index is 0.197. The van der Waals surface area contributed by atoms with E-state index in [2.05, 4.69) is 5.16 Å². The van der Waals surface area contributed by atoms with Gasteiger partial charge in [-0.25, -0.2) is 4.79 Å². The lowest BCUT2D eigenvalue weighted by atomic mass is 10.1. The number of thiophene rings is 1. The number of carbonyl (C=O) groups excluding carboxylic acids is 1.